The average molecular weight is 666 g/mol. The highest BCUT2D eigenvalue weighted by atomic mass is 35.5. The molecule has 0 bridgehead atoms. The fourth-order valence-electron chi connectivity index (χ4n) is 5.90. The number of rotatable bonds is 9. The monoisotopic (exact) mass is 665 g/mol. The minimum Gasteiger partial charge on any atom is -0.387 e. The minimum absolute atomic E-state index is 0.0692. The van der Waals surface area contributed by atoms with Gasteiger partial charge in [0.2, 0.25) is 5.28 Å². The number of fused-ring (bicyclic) bond motifs is 1. The van der Waals surface area contributed by atoms with Crippen molar-refractivity contribution < 1.29 is 43.3 Å². The van der Waals surface area contributed by atoms with Crippen LogP contribution in [0.2, 0.25) is 5.28 Å². The van der Waals surface area contributed by atoms with Crippen molar-refractivity contribution in [3.8, 4) is 0 Å². The Morgan fingerprint density at radius 2 is 1.50 bits per heavy atom. The lowest BCUT2D eigenvalue weighted by Crippen LogP contribution is -2.33. The second kappa shape index (κ2) is 12.2. The molecule has 7 atom stereocenters. The van der Waals surface area contributed by atoms with E-state index in [0.717, 1.165) is 0 Å². The highest BCUT2D eigenvalue weighted by molar-refractivity contribution is 7.70. The molecule has 5 N–H and O–H groups in total. The fraction of sp³-hybridized carbons (Fsp3) is 0.370. The Morgan fingerprint density at radius 3 is 2.07 bits per heavy atom. The summed E-state index contributed by atoms with van der Waals surface area (Å²) in [7, 11) is -9.56. The Labute approximate surface area is 256 Å². The van der Waals surface area contributed by atoms with Crippen molar-refractivity contribution in [2.45, 2.75) is 36.4 Å². The smallest absolute Gasteiger partial charge is 0.340 e. The van der Waals surface area contributed by atoms with Gasteiger partial charge in [0.1, 0.15) is 18.3 Å². The summed E-state index contributed by atoms with van der Waals surface area (Å²) in [5, 5.41) is 21.4. The molecule has 4 aromatic rings. The maximum Gasteiger partial charge on any atom is 0.340 e. The van der Waals surface area contributed by atoms with E-state index in [2.05, 4.69) is 44.1 Å². The minimum atomic E-state index is -4.85. The van der Waals surface area contributed by atoms with Gasteiger partial charge in [-0.2, -0.15) is 9.97 Å². The normalized spacial score (nSPS) is 27.2. The molecule has 14 nitrogen and oxygen atoms in total. The predicted octanol–water partition coefficient (Wildman–Crippen LogP) is 2.82. The Bertz CT molecular complexity index is 1680. The second-order valence-corrected chi connectivity index (χ2v) is 15.2. The molecule has 0 radical (unpaired) electrons. The van der Waals surface area contributed by atoms with Crippen LogP contribution in [0.1, 0.15) is 29.2 Å². The van der Waals surface area contributed by atoms with Crippen LogP contribution in [0.4, 0.5) is 5.82 Å². The molecule has 17 heteroatoms. The Balaban J connectivity index is 1.28. The van der Waals surface area contributed by atoms with Gasteiger partial charge in [-0.15, -0.1) is 0 Å². The van der Waals surface area contributed by atoms with E-state index < -0.39 is 52.2 Å². The summed E-state index contributed by atoms with van der Waals surface area (Å²) in [6.45, 7) is 0.524. The van der Waals surface area contributed by atoms with Crippen LogP contribution >= 0.6 is 26.8 Å². The summed E-state index contributed by atoms with van der Waals surface area (Å²) in [5.74, 6) is -0.613. The number of aliphatic hydroxyl groups is 2. The van der Waals surface area contributed by atoms with Crippen LogP contribution in [-0.2, 0) is 18.4 Å². The van der Waals surface area contributed by atoms with E-state index in [4.69, 9.17) is 30.6 Å². The van der Waals surface area contributed by atoms with Gasteiger partial charge in [-0.1, -0.05) is 60.7 Å². The summed E-state index contributed by atoms with van der Waals surface area (Å²) >= 11 is 6.41. The number of anilines is 1. The van der Waals surface area contributed by atoms with Crippen LogP contribution in [0.3, 0.4) is 0 Å². The molecular weight excluding hydrogens is 636 g/mol. The SMILES string of the molecule is O=P(O)(O)CP(=O)(O)OC[C@H]1O[C@@H](n2cnc3c(N4CC(c5ccccc5)C(c5ccccc5)C4)nc(Cl)nc32)C(O)C1O. The maximum absolute atomic E-state index is 12.1. The molecule has 5 unspecified atom stereocenters. The van der Waals surface area contributed by atoms with Gasteiger partial charge in [0.05, 0.1) is 12.9 Å². The van der Waals surface area contributed by atoms with Gasteiger partial charge in [0.25, 0.3) is 0 Å². The zero-order valence-corrected chi connectivity index (χ0v) is 25.6. The summed E-state index contributed by atoms with van der Waals surface area (Å²) in [5.41, 5.74) is 2.99. The fourth-order valence-corrected chi connectivity index (χ4v) is 8.62. The molecule has 0 amide bonds. The van der Waals surface area contributed by atoms with Gasteiger partial charge in [-0.05, 0) is 22.7 Å². The quantitative estimate of drug-likeness (QED) is 0.129. The molecule has 2 saturated heterocycles. The third kappa shape index (κ3) is 6.47. The van der Waals surface area contributed by atoms with Crippen LogP contribution < -0.4 is 4.90 Å². The van der Waals surface area contributed by atoms with Crippen molar-refractivity contribution in [2.24, 2.45) is 0 Å². The topological polar surface area (TPSA) is 201 Å². The third-order valence-corrected chi connectivity index (χ3v) is 11.5. The summed E-state index contributed by atoms with van der Waals surface area (Å²) in [6.07, 6.45) is -4.28. The van der Waals surface area contributed by atoms with Crippen molar-refractivity contribution in [1.29, 1.82) is 0 Å². The molecule has 2 aromatic heterocycles. The van der Waals surface area contributed by atoms with Gasteiger partial charge in [-0.25, -0.2) is 4.98 Å². The first-order valence-corrected chi connectivity index (χ1v) is 17.6. The van der Waals surface area contributed by atoms with Gasteiger partial charge >= 0.3 is 15.2 Å². The second-order valence-electron chi connectivity index (χ2n) is 10.9. The van der Waals surface area contributed by atoms with E-state index in [1.807, 2.05) is 36.4 Å². The number of ether oxygens (including phenoxy) is 1. The number of imidazole rings is 1. The first kappa shape index (κ1) is 31.3. The number of hydrogen-bond acceptors (Lipinski definition) is 10. The van der Waals surface area contributed by atoms with Crippen LogP contribution in [0, 0.1) is 0 Å². The predicted molar refractivity (Wildman–Crippen MR) is 160 cm³/mol. The van der Waals surface area contributed by atoms with Gasteiger partial charge in [-0.3, -0.25) is 13.7 Å². The first-order chi connectivity index (χ1) is 20.9. The lowest BCUT2D eigenvalue weighted by atomic mass is 9.84. The van der Waals surface area contributed by atoms with Crippen molar-refractivity contribution >= 4 is 43.8 Å². The largest absolute Gasteiger partial charge is 0.387 e. The Kier molecular flexibility index (Phi) is 8.68. The highest BCUT2D eigenvalue weighted by Crippen LogP contribution is 2.55. The van der Waals surface area contributed by atoms with Crippen LogP contribution in [-0.4, -0.2) is 88.3 Å². The molecule has 4 heterocycles. The van der Waals surface area contributed by atoms with E-state index in [-0.39, 0.29) is 22.8 Å². The van der Waals surface area contributed by atoms with Gasteiger partial charge in [0, 0.05) is 24.9 Å². The molecule has 0 saturated carbocycles. The van der Waals surface area contributed by atoms with E-state index in [1.54, 1.807) is 0 Å². The van der Waals surface area contributed by atoms with Crippen molar-refractivity contribution in [1.82, 2.24) is 19.5 Å². The molecular formula is C27H30ClN5O9P2. The molecule has 2 aromatic carbocycles. The molecule has 44 heavy (non-hydrogen) atoms. The molecule has 2 fully saturated rings. The van der Waals surface area contributed by atoms with E-state index in [0.29, 0.717) is 24.4 Å². The number of benzene rings is 2. The molecule has 0 spiro atoms. The third-order valence-electron chi connectivity index (χ3n) is 7.87. The van der Waals surface area contributed by atoms with E-state index in [1.165, 1.54) is 22.0 Å². The molecule has 0 aliphatic carbocycles. The summed E-state index contributed by atoms with van der Waals surface area (Å²) < 4.78 is 35.2. The Morgan fingerprint density at radius 1 is 0.909 bits per heavy atom. The molecule has 234 valence electrons. The van der Waals surface area contributed by atoms with E-state index in [9.17, 15) is 24.2 Å². The molecule has 2 aliphatic rings. The first-order valence-electron chi connectivity index (χ1n) is 13.7. The van der Waals surface area contributed by atoms with Crippen LogP contribution in [0.5, 0.6) is 0 Å². The standard InChI is InChI=1S/C27H30ClN5O9P2/c28-27-30-24(32-11-18(16-7-3-1-4-8-16)19(12-32)17-9-5-2-6-10-17)21-25(31-27)33(14-29-21)26-23(35)22(34)20(42-26)13-41-44(39,40)15-43(36,37)38/h1-10,14,18-20,22-23,26,34-35H,11-13,15H2,(H,39,40)(H2,36,37,38)/t18?,19?,20-,22?,23?,26-/m1/s1. The lowest BCUT2D eigenvalue weighted by molar-refractivity contribution is -0.0483. The van der Waals surface area contributed by atoms with Crippen LogP contribution in [0.25, 0.3) is 11.2 Å². The molecule has 6 rings (SSSR count). The van der Waals surface area contributed by atoms with Gasteiger partial charge in [0.15, 0.2) is 29.1 Å². The van der Waals surface area contributed by atoms with Crippen molar-refractivity contribution in [3.63, 3.8) is 0 Å². The number of aromatic nitrogens is 4. The number of halogens is 1. The molecule has 2 aliphatic heterocycles. The summed E-state index contributed by atoms with van der Waals surface area (Å²) in [6, 6.07) is 20.4. The zero-order chi connectivity index (χ0) is 31.2. The maximum atomic E-state index is 12.1. The number of nitrogens with zero attached hydrogens (tertiary/aromatic N) is 5. The summed E-state index contributed by atoms with van der Waals surface area (Å²) in [4.78, 5) is 43.3. The number of aliphatic hydroxyl groups excluding tert-OH is 2. The van der Waals surface area contributed by atoms with Gasteiger partial charge < -0.3 is 39.1 Å². The average Bonchev–Trinajstić information content (AvgIpc) is 3.68. The number of hydrogen-bond donors (Lipinski definition) is 5. The highest BCUT2D eigenvalue weighted by Gasteiger charge is 2.46. The van der Waals surface area contributed by atoms with Crippen LogP contribution in [0.15, 0.2) is 67.0 Å². The van der Waals surface area contributed by atoms with Crippen molar-refractivity contribution in [3.05, 3.63) is 83.4 Å². The Hall–Kier alpha value is -2.74. The van der Waals surface area contributed by atoms with E-state index >= 15 is 0 Å². The van der Waals surface area contributed by atoms with Crippen molar-refractivity contribution in [2.75, 3.05) is 30.5 Å². The lowest BCUT2D eigenvalue weighted by Gasteiger charge is -2.19. The zero-order valence-electron chi connectivity index (χ0n) is 23.0.